The second-order valence-electron chi connectivity index (χ2n) is 4.00. The number of rotatable bonds is 3. The lowest BCUT2D eigenvalue weighted by atomic mass is 10.1. The van der Waals surface area contributed by atoms with E-state index in [0.29, 0.717) is 5.56 Å². The van der Waals surface area contributed by atoms with Gasteiger partial charge in [0.15, 0.2) is 0 Å². The zero-order valence-electron chi connectivity index (χ0n) is 9.77. The summed E-state index contributed by atoms with van der Waals surface area (Å²) in [6, 6.07) is 5.60. The van der Waals surface area contributed by atoms with E-state index in [1.54, 1.807) is 12.5 Å². The molecule has 0 aliphatic carbocycles. The summed E-state index contributed by atoms with van der Waals surface area (Å²) in [7, 11) is 3.79. The molecule has 1 aromatic heterocycles. The molecule has 5 nitrogen and oxygen atoms in total. The molecule has 0 fully saturated rings. The quantitative estimate of drug-likeness (QED) is 0.619. The average Bonchev–Trinajstić information content (AvgIpc) is 2.69. The van der Waals surface area contributed by atoms with E-state index in [1.807, 2.05) is 37.2 Å². The van der Waals surface area contributed by atoms with Gasteiger partial charge in [0, 0.05) is 31.2 Å². The SMILES string of the molecule is CN(C)/C=N/c1ccc2[nH]cc(C(N)=O)c2c1. The maximum absolute atomic E-state index is 11.2. The normalized spacial score (nSPS) is 11.2. The molecular weight excluding hydrogens is 216 g/mol. The molecule has 1 aromatic carbocycles. The Morgan fingerprint density at radius 3 is 2.88 bits per heavy atom. The van der Waals surface area contributed by atoms with E-state index in [-0.39, 0.29) is 0 Å². The molecule has 3 N–H and O–H groups in total. The number of aliphatic imine (C=N–C) groups is 1. The molecule has 0 bridgehead atoms. The fourth-order valence-electron chi connectivity index (χ4n) is 1.57. The summed E-state index contributed by atoms with van der Waals surface area (Å²) in [5, 5.41) is 0.797. The Labute approximate surface area is 98.9 Å². The number of nitrogens with one attached hydrogen (secondary N) is 1. The fraction of sp³-hybridized carbons (Fsp3) is 0.167. The first-order valence-corrected chi connectivity index (χ1v) is 5.19. The predicted molar refractivity (Wildman–Crippen MR) is 68.7 cm³/mol. The summed E-state index contributed by atoms with van der Waals surface area (Å²) in [6.07, 6.45) is 3.32. The molecule has 0 aliphatic heterocycles. The molecule has 2 aromatic rings. The van der Waals surface area contributed by atoms with Gasteiger partial charge in [0.25, 0.3) is 5.91 Å². The number of carbonyl (C=O) groups excluding carboxylic acids is 1. The van der Waals surface area contributed by atoms with E-state index >= 15 is 0 Å². The monoisotopic (exact) mass is 230 g/mol. The number of fused-ring (bicyclic) bond motifs is 1. The van der Waals surface area contributed by atoms with Crippen molar-refractivity contribution in [2.45, 2.75) is 0 Å². The first-order chi connectivity index (χ1) is 8.08. The number of aromatic nitrogens is 1. The third-order valence-corrected chi connectivity index (χ3v) is 2.37. The van der Waals surface area contributed by atoms with Crippen molar-refractivity contribution in [1.29, 1.82) is 0 Å². The number of amides is 1. The third-order valence-electron chi connectivity index (χ3n) is 2.37. The summed E-state index contributed by atoms with van der Waals surface area (Å²) in [6.45, 7) is 0. The Hall–Kier alpha value is -2.30. The number of nitrogens with zero attached hydrogens (tertiary/aromatic N) is 2. The van der Waals surface area contributed by atoms with Crippen LogP contribution in [-0.2, 0) is 0 Å². The molecule has 0 atom stereocenters. The second-order valence-corrected chi connectivity index (χ2v) is 4.00. The molecule has 0 unspecified atom stereocenters. The minimum atomic E-state index is -0.440. The summed E-state index contributed by atoms with van der Waals surface area (Å²) in [4.78, 5) is 20.3. The molecule has 1 amide bonds. The van der Waals surface area contributed by atoms with Gasteiger partial charge in [-0.05, 0) is 18.2 Å². The molecule has 0 aliphatic rings. The Balaban J connectivity index is 2.48. The first kappa shape index (κ1) is 11.2. The smallest absolute Gasteiger partial charge is 0.250 e. The molecule has 0 spiro atoms. The lowest BCUT2D eigenvalue weighted by molar-refractivity contribution is 0.100. The average molecular weight is 230 g/mol. The van der Waals surface area contributed by atoms with E-state index in [0.717, 1.165) is 16.6 Å². The van der Waals surface area contributed by atoms with Crippen LogP contribution in [0.15, 0.2) is 29.4 Å². The van der Waals surface area contributed by atoms with Crippen molar-refractivity contribution in [2.24, 2.45) is 10.7 Å². The van der Waals surface area contributed by atoms with E-state index in [2.05, 4.69) is 9.98 Å². The lowest BCUT2D eigenvalue weighted by Gasteiger charge is -2.02. The number of hydrogen-bond acceptors (Lipinski definition) is 2. The highest BCUT2D eigenvalue weighted by molar-refractivity contribution is 6.06. The largest absolute Gasteiger partial charge is 0.369 e. The predicted octanol–water partition coefficient (Wildman–Crippen LogP) is 1.49. The Kier molecular flexibility index (Phi) is 2.82. The number of benzene rings is 1. The number of nitrogens with two attached hydrogens (primary N) is 1. The summed E-state index contributed by atoms with van der Waals surface area (Å²) in [5.74, 6) is -0.440. The van der Waals surface area contributed by atoms with Crippen molar-refractivity contribution in [3.8, 4) is 0 Å². The summed E-state index contributed by atoms with van der Waals surface area (Å²) >= 11 is 0. The van der Waals surface area contributed by atoms with E-state index in [1.165, 1.54) is 0 Å². The van der Waals surface area contributed by atoms with Crippen LogP contribution < -0.4 is 5.73 Å². The molecule has 0 saturated carbocycles. The van der Waals surface area contributed by atoms with Crippen LogP contribution in [-0.4, -0.2) is 36.2 Å². The van der Waals surface area contributed by atoms with Gasteiger partial charge >= 0.3 is 0 Å². The highest BCUT2D eigenvalue weighted by Gasteiger charge is 2.08. The van der Waals surface area contributed by atoms with Crippen molar-refractivity contribution >= 4 is 28.8 Å². The van der Waals surface area contributed by atoms with Crippen molar-refractivity contribution in [3.63, 3.8) is 0 Å². The van der Waals surface area contributed by atoms with Gasteiger partial charge in [-0.3, -0.25) is 4.79 Å². The van der Waals surface area contributed by atoms with Crippen LogP contribution in [0.1, 0.15) is 10.4 Å². The van der Waals surface area contributed by atoms with Gasteiger partial charge in [-0.25, -0.2) is 4.99 Å². The maximum atomic E-state index is 11.2. The van der Waals surface area contributed by atoms with Crippen molar-refractivity contribution in [2.75, 3.05) is 14.1 Å². The summed E-state index contributed by atoms with van der Waals surface area (Å²) in [5.41, 5.74) is 7.44. The Morgan fingerprint density at radius 1 is 1.47 bits per heavy atom. The van der Waals surface area contributed by atoms with E-state index in [4.69, 9.17) is 5.73 Å². The van der Waals surface area contributed by atoms with E-state index < -0.39 is 5.91 Å². The molecule has 17 heavy (non-hydrogen) atoms. The van der Waals surface area contributed by atoms with Gasteiger partial charge < -0.3 is 15.6 Å². The van der Waals surface area contributed by atoms with Gasteiger partial charge in [-0.1, -0.05) is 0 Å². The zero-order chi connectivity index (χ0) is 12.4. The second kappa shape index (κ2) is 4.29. The zero-order valence-corrected chi connectivity index (χ0v) is 9.77. The van der Waals surface area contributed by atoms with Crippen LogP contribution in [0.2, 0.25) is 0 Å². The van der Waals surface area contributed by atoms with Crippen LogP contribution in [0, 0.1) is 0 Å². The third kappa shape index (κ3) is 2.28. The Bertz CT molecular complexity index is 583. The minimum Gasteiger partial charge on any atom is -0.369 e. The van der Waals surface area contributed by atoms with Crippen LogP contribution in [0.3, 0.4) is 0 Å². The van der Waals surface area contributed by atoms with Crippen LogP contribution in [0.5, 0.6) is 0 Å². The molecular formula is C12H14N4O. The molecule has 1 heterocycles. The standard InChI is InChI=1S/C12H14N4O/c1-16(2)7-15-8-3-4-11-9(5-8)10(6-14-11)12(13)17/h3-7,14H,1-2H3,(H2,13,17)/b15-7+. The van der Waals surface area contributed by atoms with Crippen molar-refractivity contribution < 1.29 is 4.79 Å². The fourth-order valence-corrected chi connectivity index (χ4v) is 1.57. The number of hydrogen-bond donors (Lipinski definition) is 2. The maximum Gasteiger partial charge on any atom is 0.250 e. The number of H-pyrrole nitrogens is 1. The minimum absolute atomic E-state index is 0.440. The van der Waals surface area contributed by atoms with Gasteiger partial charge in [0.1, 0.15) is 0 Å². The molecule has 2 rings (SSSR count). The van der Waals surface area contributed by atoms with E-state index in [9.17, 15) is 4.79 Å². The molecule has 0 radical (unpaired) electrons. The van der Waals surface area contributed by atoms with Gasteiger partial charge in [0.2, 0.25) is 0 Å². The topological polar surface area (TPSA) is 74.5 Å². The number of carbonyl (C=O) groups is 1. The van der Waals surface area contributed by atoms with Crippen LogP contribution in [0.4, 0.5) is 5.69 Å². The van der Waals surface area contributed by atoms with Crippen LogP contribution >= 0.6 is 0 Å². The van der Waals surface area contributed by atoms with Gasteiger partial charge in [0.05, 0.1) is 17.6 Å². The van der Waals surface area contributed by atoms with Gasteiger partial charge in [-0.2, -0.15) is 0 Å². The Morgan fingerprint density at radius 2 is 2.24 bits per heavy atom. The summed E-state index contributed by atoms with van der Waals surface area (Å²) < 4.78 is 0. The number of aromatic amines is 1. The lowest BCUT2D eigenvalue weighted by Crippen LogP contribution is -2.09. The molecule has 5 heteroatoms. The number of primary amides is 1. The molecule has 88 valence electrons. The highest BCUT2D eigenvalue weighted by Crippen LogP contribution is 2.23. The highest BCUT2D eigenvalue weighted by atomic mass is 16.1. The molecule has 0 saturated heterocycles. The van der Waals surface area contributed by atoms with Gasteiger partial charge in [-0.15, -0.1) is 0 Å². The van der Waals surface area contributed by atoms with Crippen LogP contribution in [0.25, 0.3) is 10.9 Å². The first-order valence-electron chi connectivity index (χ1n) is 5.19. The van der Waals surface area contributed by atoms with Crippen molar-refractivity contribution in [3.05, 3.63) is 30.0 Å². The van der Waals surface area contributed by atoms with Crippen molar-refractivity contribution in [1.82, 2.24) is 9.88 Å².